The van der Waals surface area contributed by atoms with Gasteiger partial charge in [-0.25, -0.2) is 9.59 Å². The van der Waals surface area contributed by atoms with Gasteiger partial charge in [0.2, 0.25) is 6.79 Å². The second kappa shape index (κ2) is 13.7. The summed E-state index contributed by atoms with van der Waals surface area (Å²) >= 11 is 0. The highest BCUT2D eigenvalue weighted by Gasteiger charge is 2.14. The Morgan fingerprint density at radius 1 is 0.838 bits per heavy atom. The van der Waals surface area contributed by atoms with Crippen LogP contribution < -0.4 is 18.9 Å². The highest BCUT2D eigenvalue weighted by Crippen LogP contribution is 2.32. The van der Waals surface area contributed by atoms with Crippen molar-refractivity contribution in [2.24, 2.45) is 0 Å². The molecule has 0 amide bonds. The van der Waals surface area contributed by atoms with E-state index < -0.39 is 11.9 Å². The second-order valence-electron chi connectivity index (χ2n) is 8.19. The molecule has 0 spiro atoms. The van der Waals surface area contributed by atoms with Crippen LogP contribution in [0.4, 0.5) is 0 Å². The zero-order chi connectivity index (χ0) is 26.6. The molecule has 3 aromatic rings. The molecule has 37 heavy (non-hydrogen) atoms. The molecule has 0 saturated carbocycles. The van der Waals surface area contributed by atoms with E-state index in [0.29, 0.717) is 13.4 Å². The van der Waals surface area contributed by atoms with E-state index in [0.717, 1.165) is 49.1 Å². The average molecular weight is 510 g/mol. The van der Waals surface area contributed by atoms with E-state index in [1.54, 1.807) is 7.11 Å². The van der Waals surface area contributed by atoms with Gasteiger partial charge >= 0.3 is 11.9 Å². The molecule has 0 saturated heterocycles. The summed E-state index contributed by atoms with van der Waals surface area (Å²) in [6.45, 7) is 5.60. The molecule has 4 rings (SSSR count). The Balaban J connectivity index is 0.000000568. The first-order chi connectivity index (χ1) is 17.9. The van der Waals surface area contributed by atoms with Crippen LogP contribution in [-0.4, -0.2) is 54.1 Å². The zero-order valence-corrected chi connectivity index (χ0v) is 20.9. The lowest BCUT2D eigenvalue weighted by molar-refractivity contribution is -0.159. The normalized spacial score (nSPS) is 11.4. The number of nitrogens with zero attached hydrogens (tertiary/aromatic N) is 1. The quantitative estimate of drug-likeness (QED) is 0.388. The Bertz CT molecular complexity index is 1170. The molecule has 0 atom stereocenters. The summed E-state index contributed by atoms with van der Waals surface area (Å²) in [4.78, 5) is 20.7. The summed E-state index contributed by atoms with van der Waals surface area (Å²) in [5.74, 6) is -0.194. The van der Waals surface area contributed by atoms with Gasteiger partial charge in [0.05, 0.1) is 13.7 Å². The van der Waals surface area contributed by atoms with Crippen molar-refractivity contribution in [1.82, 2.24) is 4.90 Å². The van der Waals surface area contributed by atoms with Crippen LogP contribution in [0.25, 0.3) is 0 Å². The van der Waals surface area contributed by atoms with Crippen LogP contribution in [0, 0.1) is 0 Å². The van der Waals surface area contributed by atoms with Gasteiger partial charge < -0.3 is 29.2 Å². The topological polar surface area (TPSA) is 115 Å². The Kier molecular flexibility index (Phi) is 10.2. The molecule has 0 aliphatic carbocycles. The Morgan fingerprint density at radius 2 is 1.51 bits per heavy atom. The number of benzene rings is 3. The minimum Gasteiger partial charge on any atom is -0.497 e. The number of rotatable bonds is 10. The summed E-state index contributed by atoms with van der Waals surface area (Å²) in [5, 5.41) is 14.8. The number of methoxy groups -OCH3 is 1. The number of aliphatic carboxylic acids is 2. The van der Waals surface area contributed by atoms with Crippen LogP contribution in [0.3, 0.4) is 0 Å². The standard InChI is InChI=1S/C26H29NO4.C2H2O4/c1-3-29-23-10-7-21(8-11-23)17-27(18-22-5-4-6-24(15-22)28-2)14-13-20-9-12-25-26(16-20)31-19-30-25;3-1(4)2(5)6/h4-12,15-16H,3,13-14,17-19H2,1-2H3;(H,3,4)(H,5,6). The lowest BCUT2D eigenvalue weighted by Gasteiger charge is -2.23. The van der Waals surface area contributed by atoms with Gasteiger partial charge in [-0.05, 0) is 66.4 Å². The van der Waals surface area contributed by atoms with Gasteiger partial charge in [0, 0.05) is 19.6 Å². The minimum atomic E-state index is -1.82. The van der Waals surface area contributed by atoms with Gasteiger partial charge in [-0.1, -0.05) is 30.3 Å². The number of hydrogen-bond donors (Lipinski definition) is 2. The van der Waals surface area contributed by atoms with E-state index in [9.17, 15) is 0 Å². The number of ether oxygens (including phenoxy) is 4. The first-order valence-corrected chi connectivity index (χ1v) is 11.8. The smallest absolute Gasteiger partial charge is 0.414 e. The molecule has 0 bridgehead atoms. The molecule has 9 nitrogen and oxygen atoms in total. The molecule has 1 heterocycles. The molecule has 0 radical (unpaired) electrons. The van der Waals surface area contributed by atoms with Crippen LogP contribution in [0.5, 0.6) is 23.0 Å². The van der Waals surface area contributed by atoms with E-state index in [1.807, 2.05) is 37.3 Å². The summed E-state index contributed by atoms with van der Waals surface area (Å²) in [6.07, 6.45) is 0.928. The maximum Gasteiger partial charge on any atom is 0.414 e. The van der Waals surface area contributed by atoms with E-state index >= 15 is 0 Å². The fraction of sp³-hybridized carbons (Fsp3) is 0.286. The fourth-order valence-corrected chi connectivity index (χ4v) is 3.74. The van der Waals surface area contributed by atoms with Crippen molar-refractivity contribution in [3.63, 3.8) is 0 Å². The van der Waals surface area contributed by atoms with Crippen molar-refractivity contribution < 1.29 is 38.7 Å². The molecular formula is C28H31NO8. The van der Waals surface area contributed by atoms with Crippen LogP contribution in [0.1, 0.15) is 23.6 Å². The maximum atomic E-state index is 9.10. The molecule has 196 valence electrons. The van der Waals surface area contributed by atoms with Gasteiger partial charge in [0.15, 0.2) is 11.5 Å². The summed E-state index contributed by atoms with van der Waals surface area (Å²) in [6, 6.07) is 22.8. The summed E-state index contributed by atoms with van der Waals surface area (Å²) < 4.78 is 21.9. The van der Waals surface area contributed by atoms with Crippen molar-refractivity contribution in [2.45, 2.75) is 26.4 Å². The highest BCUT2D eigenvalue weighted by molar-refractivity contribution is 6.27. The van der Waals surface area contributed by atoms with Gasteiger partial charge in [0.1, 0.15) is 11.5 Å². The van der Waals surface area contributed by atoms with E-state index in [4.69, 9.17) is 38.7 Å². The third kappa shape index (κ3) is 8.73. The second-order valence-corrected chi connectivity index (χ2v) is 8.19. The van der Waals surface area contributed by atoms with Gasteiger partial charge in [-0.15, -0.1) is 0 Å². The summed E-state index contributed by atoms with van der Waals surface area (Å²) in [5.41, 5.74) is 3.74. The monoisotopic (exact) mass is 509 g/mol. The van der Waals surface area contributed by atoms with Crippen LogP contribution in [-0.2, 0) is 29.1 Å². The lowest BCUT2D eigenvalue weighted by atomic mass is 10.1. The molecule has 3 aromatic carbocycles. The van der Waals surface area contributed by atoms with E-state index in [2.05, 4.69) is 41.3 Å². The van der Waals surface area contributed by atoms with Crippen molar-refractivity contribution in [1.29, 1.82) is 0 Å². The third-order valence-corrected chi connectivity index (χ3v) is 5.52. The third-order valence-electron chi connectivity index (χ3n) is 5.52. The van der Waals surface area contributed by atoms with Crippen molar-refractivity contribution in [2.75, 3.05) is 27.1 Å². The predicted molar refractivity (Wildman–Crippen MR) is 136 cm³/mol. The van der Waals surface area contributed by atoms with Gasteiger partial charge in [-0.3, -0.25) is 4.90 Å². The number of fused-ring (bicyclic) bond motifs is 1. The number of hydrogen-bond acceptors (Lipinski definition) is 7. The molecule has 0 unspecified atom stereocenters. The largest absolute Gasteiger partial charge is 0.497 e. The Hall–Kier alpha value is -4.24. The minimum absolute atomic E-state index is 0.304. The van der Waals surface area contributed by atoms with Crippen molar-refractivity contribution in [3.05, 3.63) is 83.4 Å². The molecule has 1 aliphatic heterocycles. The van der Waals surface area contributed by atoms with Crippen LogP contribution in [0.2, 0.25) is 0 Å². The van der Waals surface area contributed by atoms with E-state index in [-0.39, 0.29) is 0 Å². The lowest BCUT2D eigenvalue weighted by Crippen LogP contribution is -2.25. The summed E-state index contributed by atoms with van der Waals surface area (Å²) in [7, 11) is 1.70. The average Bonchev–Trinajstić information content (AvgIpc) is 3.37. The van der Waals surface area contributed by atoms with Crippen LogP contribution in [0.15, 0.2) is 66.7 Å². The number of carboxylic acids is 2. The highest BCUT2D eigenvalue weighted by atomic mass is 16.7. The molecule has 0 fully saturated rings. The van der Waals surface area contributed by atoms with E-state index in [1.165, 1.54) is 16.7 Å². The molecular weight excluding hydrogens is 478 g/mol. The van der Waals surface area contributed by atoms with Crippen molar-refractivity contribution in [3.8, 4) is 23.0 Å². The first kappa shape index (κ1) is 27.3. The predicted octanol–water partition coefficient (Wildman–Crippen LogP) is 4.22. The molecule has 9 heteroatoms. The zero-order valence-electron chi connectivity index (χ0n) is 20.9. The molecule has 2 N–H and O–H groups in total. The van der Waals surface area contributed by atoms with Gasteiger partial charge in [-0.2, -0.15) is 0 Å². The maximum absolute atomic E-state index is 9.10. The van der Waals surface area contributed by atoms with Crippen molar-refractivity contribution >= 4 is 11.9 Å². The number of carbonyl (C=O) groups is 2. The molecule has 0 aromatic heterocycles. The van der Waals surface area contributed by atoms with Crippen LogP contribution >= 0.6 is 0 Å². The Labute approximate surface area is 215 Å². The number of carboxylic acid groups (broad SMARTS) is 2. The Morgan fingerprint density at radius 3 is 2.19 bits per heavy atom. The van der Waals surface area contributed by atoms with Gasteiger partial charge in [0.25, 0.3) is 0 Å². The fourth-order valence-electron chi connectivity index (χ4n) is 3.74. The molecule has 1 aliphatic rings. The first-order valence-electron chi connectivity index (χ1n) is 11.8. The SMILES string of the molecule is CCOc1ccc(CN(CCc2ccc3c(c2)OCO3)Cc2cccc(OC)c2)cc1.O=C(O)C(=O)O.